The highest BCUT2D eigenvalue weighted by Gasteiger charge is 2.08. The van der Waals surface area contributed by atoms with E-state index in [9.17, 15) is 0 Å². The molecule has 0 aromatic carbocycles. The van der Waals surface area contributed by atoms with Gasteiger partial charge in [-0.2, -0.15) is 0 Å². The number of nitrogens with zero attached hydrogens (tertiary/aromatic N) is 2. The summed E-state index contributed by atoms with van der Waals surface area (Å²) < 4.78 is 0. The Kier molecular flexibility index (Phi) is 4.03. The van der Waals surface area contributed by atoms with Crippen LogP contribution in [0.3, 0.4) is 0 Å². The third-order valence-corrected chi connectivity index (χ3v) is 2.88. The van der Waals surface area contributed by atoms with Crippen LogP contribution in [0.1, 0.15) is 25.8 Å². The van der Waals surface area contributed by atoms with Gasteiger partial charge in [-0.15, -0.1) is 0 Å². The molecule has 0 saturated carbocycles. The molecular formula is C11H17N3S. The molecule has 3 nitrogen and oxygen atoms in total. The second kappa shape index (κ2) is 5.07. The molecule has 0 saturated heterocycles. The van der Waals surface area contributed by atoms with Crippen molar-refractivity contribution >= 4 is 23.0 Å². The predicted molar refractivity (Wildman–Crippen MR) is 68.3 cm³/mol. The lowest BCUT2D eigenvalue weighted by Gasteiger charge is -2.24. The van der Waals surface area contributed by atoms with Gasteiger partial charge in [0, 0.05) is 24.8 Å². The Bertz CT molecular complexity index is 334. The zero-order valence-electron chi connectivity index (χ0n) is 9.40. The number of anilines is 1. The van der Waals surface area contributed by atoms with Gasteiger partial charge in [0.15, 0.2) is 0 Å². The Morgan fingerprint density at radius 1 is 1.60 bits per heavy atom. The molecule has 0 fully saturated rings. The Balaban J connectivity index is 2.84. The van der Waals surface area contributed by atoms with Crippen LogP contribution in [-0.4, -0.2) is 23.1 Å². The molecule has 15 heavy (non-hydrogen) atoms. The number of hydrogen-bond acceptors (Lipinski definition) is 3. The van der Waals surface area contributed by atoms with Crippen LogP contribution in [0.4, 0.5) is 5.82 Å². The average Bonchev–Trinajstić information content (AvgIpc) is 2.27. The van der Waals surface area contributed by atoms with Crippen molar-refractivity contribution in [1.82, 2.24) is 4.98 Å². The predicted octanol–water partition coefficient (Wildman–Crippen LogP) is 1.95. The summed E-state index contributed by atoms with van der Waals surface area (Å²) in [6.07, 6.45) is 2.81. The van der Waals surface area contributed by atoms with Crippen molar-refractivity contribution in [3.63, 3.8) is 0 Å². The lowest BCUT2D eigenvalue weighted by atomic mass is 10.2. The fraction of sp³-hybridized carbons (Fsp3) is 0.455. The SMILES string of the molecule is CCC(C)N(C)c1ccc(C(N)=S)cn1. The number of hydrogen-bond donors (Lipinski definition) is 1. The topological polar surface area (TPSA) is 42.1 Å². The molecule has 2 N–H and O–H groups in total. The van der Waals surface area contributed by atoms with E-state index < -0.39 is 0 Å². The van der Waals surface area contributed by atoms with E-state index >= 15 is 0 Å². The van der Waals surface area contributed by atoms with E-state index in [1.54, 1.807) is 6.20 Å². The van der Waals surface area contributed by atoms with Gasteiger partial charge in [-0.25, -0.2) is 4.98 Å². The minimum atomic E-state index is 0.389. The number of rotatable bonds is 4. The smallest absolute Gasteiger partial charge is 0.128 e. The highest BCUT2D eigenvalue weighted by Crippen LogP contribution is 2.13. The van der Waals surface area contributed by atoms with Crippen molar-refractivity contribution in [2.75, 3.05) is 11.9 Å². The normalized spacial score (nSPS) is 12.2. The molecule has 0 bridgehead atoms. The summed E-state index contributed by atoms with van der Waals surface area (Å²) in [7, 11) is 2.04. The van der Waals surface area contributed by atoms with Crippen LogP contribution in [0.15, 0.2) is 18.3 Å². The van der Waals surface area contributed by atoms with Gasteiger partial charge in [0.25, 0.3) is 0 Å². The van der Waals surface area contributed by atoms with Crippen LogP contribution >= 0.6 is 12.2 Å². The highest BCUT2D eigenvalue weighted by molar-refractivity contribution is 7.80. The molecule has 0 aliphatic carbocycles. The van der Waals surface area contributed by atoms with Gasteiger partial charge < -0.3 is 10.6 Å². The van der Waals surface area contributed by atoms with E-state index in [-0.39, 0.29) is 0 Å². The fourth-order valence-corrected chi connectivity index (χ4v) is 1.36. The van der Waals surface area contributed by atoms with E-state index in [2.05, 4.69) is 23.7 Å². The lowest BCUT2D eigenvalue weighted by Crippen LogP contribution is -2.28. The van der Waals surface area contributed by atoms with Crippen molar-refractivity contribution in [3.8, 4) is 0 Å². The van der Waals surface area contributed by atoms with Crippen LogP contribution in [-0.2, 0) is 0 Å². The van der Waals surface area contributed by atoms with Crippen LogP contribution in [0.5, 0.6) is 0 Å². The summed E-state index contributed by atoms with van der Waals surface area (Å²) >= 11 is 4.87. The zero-order valence-corrected chi connectivity index (χ0v) is 10.2. The molecule has 1 unspecified atom stereocenters. The Morgan fingerprint density at radius 2 is 2.27 bits per heavy atom. The van der Waals surface area contributed by atoms with Gasteiger partial charge in [0.1, 0.15) is 10.8 Å². The zero-order chi connectivity index (χ0) is 11.4. The molecule has 0 spiro atoms. The monoisotopic (exact) mass is 223 g/mol. The quantitative estimate of drug-likeness (QED) is 0.792. The maximum atomic E-state index is 5.50. The molecule has 0 aliphatic rings. The van der Waals surface area contributed by atoms with Crippen molar-refractivity contribution in [3.05, 3.63) is 23.9 Å². The summed E-state index contributed by atoms with van der Waals surface area (Å²) in [6, 6.07) is 4.33. The number of aromatic nitrogens is 1. The molecule has 0 aliphatic heterocycles. The highest BCUT2D eigenvalue weighted by atomic mass is 32.1. The van der Waals surface area contributed by atoms with E-state index in [0.717, 1.165) is 17.8 Å². The third kappa shape index (κ3) is 2.89. The van der Waals surface area contributed by atoms with Gasteiger partial charge in [-0.1, -0.05) is 19.1 Å². The summed E-state index contributed by atoms with van der Waals surface area (Å²) in [5.74, 6) is 0.948. The molecule has 1 aromatic heterocycles. The Morgan fingerprint density at radius 3 is 2.67 bits per heavy atom. The number of pyridine rings is 1. The average molecular weight is 223 g/mol. The van der Waals surface area contributed by atoms with Gasteiger partial charge in [0.2, 0.25) is 0 Å². The van der Waals surface area contributed by atoms with E-state index in [4.69, 9.17) is 18.0 Å². The summed E-state index contributed by atoms with van der Waals surface area (Å²) in [5.41, 5.74) is 6.32. The van der Waals surface area contributed by atoms with Crippen molar-refractivity contribution in [2.45, 2.75) is 26.3 Å². The molecule has 0 radical (unpaired) electrons. The summed E-state index contributed by atoms with van der Waals surface area (Å²) in [5, 5.41) is 0. The van der Waals surface area contributed by atoms with Crippen LogP contribution in [0, 0.1) is 0 Å². The maximum absolute atomic E-state index is 5.50. The maximum Gasteiger partial charge on any atom is 0.128 e. The van der Waals surface area contributed by atoms with Crippen molar-refractivity contribution in [2.24, 2.45) is 5.73 Å². The molecule has 0 amide bonds. The second-order valence-corrected chi connectivity index (χ2v) is 4.08. The largest absolute Gasteiger partial charge is 0.389 e. The van der Waals surface area contributed by atoms with E-state index in [1.165, 1.54) is 0 Å². The summed E-state index contributed by atoms with van der Waals surface area (Å²) in [6.45, 7) is 4.33. The Labute approximate surface area is 96.3 Å². The molecule has 4 heteroatoms. The first kappa shape index (κ1) is 11.9. The first-order chi connectivity index (χ1) is 7.06. The van der Waals surface area contributed by atoms with Gasteiger partial charge in [0.05, 0.1) is 0 Å². The Hall–Kier alpha value is -1.16. The van der Waals surface area contributed by atoms with Crippen molar-refractivity contribution in [1.29, 1.82) is 0 Å². The fourth-order valence-electron chi connectivity index (χ4n) is 1.24. The first-order valence-corrected chi connectivity index (χ1v) is 5.45. The number of nitrogens with two attached hydrogens (primary N) is 1. The van der Waals surface area contributed by atoms with Crippen LogP contribution < -0.4 is 10.6 Å². The van der Waals surface area contributed by atoms with Crippen LogP contribution in [0.2, 0.25) is 0 Å². The summed E-state index contributed by atoms with van der Waals surface area (Å²) in [4.78, 5) is 6.86. The molecule has 1 atom stereocenters. The van der Waals surface area contributed by atoms with Gasteiger partial charge >= 0.3 is 0 Å². The minimum Gasteiger partial charge on any atom is -0.389 e. The van der Waals surface area contributed by atoms with E-state index in [0.29, 0.717) is 11.0 Å². The molecule has 1 heterocycles. The standard InChI is InChI=1S/C11H17N3S/c1-4-8(2)14(3)10-6-5-9(7-13-10)11(12)15/h5-8H,4H2,1-3H3,(H2,12,15). The molecule has 1 aromatic rings. The molecule has 1 rings (SSSR count). The number of thiocarbonyl (C=S) groups is 1. The minimum absolute atomic E-state index is 0.389. The van der Waals surface area contributed by atoms with Gasteiger partial charge in [-0.3, -0.25) is 0 Å². The molecule has 82 valence electrons. The van der Waals surface area contributed by atoms with E-state index in [1.807, 2.05) is 19.2 Å². The third-order valence-electron chi connectivity index (χ3n) is 2.65. The van der Waals surface area contributed by atoms with Crippen molar-refractivity contribution < 1.29 is 0 Å². The van der Waals surface area contributed by atoms with Gasteiger partial charge in [-0.05, 0) is 25.5 Å². The lowest BCUT2D eigenvalue weighted by molar-refractivity contribution is 0.657. The molecular weight excluding hydrogens is 206 g/mol. The second-order valence-electron chi connectivity index (χ2n) is 3.64. The first-order valence-electron chi connectivity index (χ1n) is 5.05. The van der Waals surface area contributed by atoms with Crippen LogP contribution in [0.25, 0.3) is 0 Å².